The van der Waals surface area contributed by atoms with E-state index < -0.39 is 65.4 Å². The van der Waals surface area contributed by atoms with Crippen molar-refractivity contribution in [1.82, 2.24) is 61.6 Å². The Bertz CT molecular complexity index is 3910. The van der Waals surface area contributed by atoms with Crippen molar-refractivity contribution in [2.45, 2.75) is 223 Å². The molecule has 554 valence electrons. The molecular weight excluding hydrogens is 1350 g/mol. The largest absolute Gasteiger partial charge is 0.391 e. The van der Waals surface area contributed by atoms with Gasteiger partial charge in [-0.1, -0.05) is 130 Å². The van der Waals surface area contributed by atoms with Crippen molar-refractivity contribution in [3.63, 3.8) is 0 Å². The molecule has 0 aliphatic carbocycles. The summed E-state index contributed by atoms with van der Waals surface area (Å²) in [6.45, 7) is 33.9. The Morgan fingerprint density at radius 1 is 0.471 bits per heavy atom. The van der Waals surface area contributed by atoms with Gasteiger partial charge in [0.2, 0.25) is 47.3 Å². The van der Waals surface area contributed by atoms with Gasteiger partial charge in [0.25, 0.3) is 0 Å². The van der Waals surface area contributed by atoms with E-state index in [0.717, 1.165) is 77.1 Å². The molecule has 0 bridgehead atoms. The van der Waals surface area contributed by atoms with Crippen molar-refractivity contribution in [3.8, 4) is 31.3 Å². The Hall–Kier alpha value is -7.85. The number of carbonyl (C=O) groups excluding carboxylic acids is 8. The molecule has 6 heterocycles. The minimum absolute atomic E-state index is 0.0559. The van der Waals surface area contributed by atoms with Gasteiger partial charge in [0.05, 0.1) is 90.7 Å². The number of carbonyl (C=O) groups is 8. The number of hydrogen-bond acceptors (Lipinski definition) is 18. The minimum Gasteiger partial charge on any atom is -0.391 e. The van der Waals surface area contributed by atoms with Gasteiger partial charge < -0.3 is 61.9 Å². The van der Waals surface area contributed by atoms with Crippen LogP contribution in [0.15, 0.2) is 83.3 Å². The quantitative estimate of drug-likeness (QED) is 0.0365. The van der Waals surface area contributed by atoms with Gasteiger partial charge in [-0.05, 0) is 116 Å². The Morgan fingerprint density at radius 2 is 0.775 bits per heavy atom. The molecule has 0 unspecified atom stereocenters. The van der Waals surface area contributed by atoms with Crippen molar-refractivity contribution in [2.24, 2.45) is 16.2 Å². The molecule has 8 amide bonds. The molecule has 3 aliphatic rings. The number of hydrogen-bond donors (Lipinski definition) is 9. The molecule has 0 radical (unpaired) electrons. The summed E-state index contributed by atoms with van der Waals surface area (Å²) >= 11 is 4.80. The summed E-state index contributed by atoms with van der Waals surface area (Å²) in [7, 11) is 1.74. The van der Waals surface area contributed by atoms with E-state index in [-0.39, 0.29) is 110 Å². The van der Waals surface area contributed by atoms with Crippen LogP contribution in [-0.4, -0.2) is 173 Å². The number of benzene rings is 3. The molecular formula is C76H106N12O11S3. The van der Waals surface area contributed by atoms with Crippen LogP contribution in [0.25, 0.3) is 31.3 Å². The molecule has 3 aromatic heterocycles. The number of thiazole rings is 3. The van der Waals surface area contributed by atoms with Crippen molar-refractivity contribution in [3.05, 3.63) is 123 Å². The van der Waals surface area contributed by atoms with Gasteiger partial charge in [-0.2, -0.15) is 0 Å². The predicted octanol–water partition coefficient (Wildman–Crippen LogP) is 9.07. The normalized spacial score (nSPS) is 20.1. The van der Waals surface area contributed by atoms with E-state index in [1.165, 1.54) is 28.5 Å². The van der Waals surface area contributed by atoms with E-state index in [0.29, 0.717) is 0 Å². The van der Waals surface area contributed by atoms with Gasteiger partial charge in [0.1, 0.15) is 30.2 Å². The molecule has 12 atom stereocenters. The molecule has 0 saturated carbocycles. The van der Waals surface area contributed by atoms with E-state index in [9.17, 15) is 53.7 Å². The SMILES string of the molecule is CC(=O)N[C@H](C(=O)N1C[C@H](O)C[C@H]1C(=O)N[C@@H](C)c1ccc(-c2scnc2C)cc1)C(C)(C)C.CCc1cc(-c2scnc2C)ccc1[C@H](C)NC(=O)[C@@H]1C[C@@H](O)CN1C(=O)[C@@H](NC(C)=O)C(C)(C)C.CN[C@H](C(=O)N1C[C@H](O)C[C@H]1C(=O)N[C@@H](C)c1ccc(-c2scnc2C)cc1)C(C)(C)C. The monoisotopic (exact) mass is 1460 g/mol. The zero-order valence-corrected chi connectivity index (χ0v) is 64.9. The van der Waals surface area contributed by atoms with Gasteiger partial charge in [-0.3, -0.25) is 38.4 Å². The third-order valence-electron chi connectivity index (χ3n) is 18.8. The summed E-state index contributed by atoms with van der Waals surface area (Å²) in [4.78, 5) is 124. The first-order valence-corrected chi connectivity index (χ1v) is 37.5. The van der Waals surface area contributed by atoms with Crippen molar-refractivity contribution in [1.29, 1.82) is 0 Å². The minimum atomic E-state index is -0.808. The first kappa shape index (κ1) is 81.4. The maximum absolute atomic E-state index is 13.4. The average molecular weight is 1460 g/mol. The fourth-order valence-corrected chi connectivity index (χ4v) is 15.7. The zero-order valence-electron chi connectivity index (χ0n) is 62.5. The average Bonchev–Trinajstić information content (AvgIpc) is 1.57. The number of aryl methyl sites for hydroxylation is 4. The molecule has 102 heavy (non-hydrogen) atoms. The number of likely N-dealkylation sites (N-methyl/N-ethyl adjacent to an activating group) is 1. The number of amides is 8. The molecule has 9 N–H and O–H groups in total. The highest BCUT2D eigenvalue weighted by Crippen LogP contribution is 2.35. The second-order valence-electron chi connectivity index (χ2n) is 30.3. The number of nitrogens with zero attached hydrogens (tertiary/aromatic N) is 6. The number of likely N-dealkylation sites (tertiary alicyclic amines) is 3. The summed E-state index contributed by atoms with van der Waals surface area (Å²) in [6, 6.07) is 17.1. The summed E-state index contributed by atoms with van der Waals surface area (Å²) < 4.78 is 0. The summed E-state index contributed by atoms with van der Waals surface area (Å²) in [5, 5.41) is 48.4. The van der Waals surface area contributed by atoms with Crippen molar-refractivity contribution in [2.75, 3.05) is 26.7 Å². The Morgan fingerprint density at radius 3 is 1.06 bits per heavy atom. The molecule has 3 aliphatic heterocycles. The fraction of sp³-hybridized carbons (Fsp3) is 0.539. The number of β-amino-alcohol motifs (C(OH)–C–C–N with tert-alkyl or cyclic N) is 3. The predicted molar refractivity (Wildman–Crippen MR) is 401 cm³/mol. The molecule has 3 fully saturated rings. The van der Waals surface area contributed by atoms with Gasteiger partial charge in [0, 0.05) is 52.7 Å². The van der Waals surface area contributed by atoms with Crippen LogP contribution in [0.3, 0.4) is 0 Å². The van der Waals surface area contributed by atoms with E-state index in [2.05, 4.69) is 59.8 Å². The molecule has 23 nitrogen and oxygen atoms in total. The van der Waals surface area contributed by atoms with Crippen molar-refractivity contribution >= 4 is 81.3 Å². The summed E-state index contributed by atoms with van der Waals surface area (Å²) in [5.74, 6) is -2.40. The molecule has 9 rings (SSSR count). The number of aliphatic hydroxyl groups excluding tert-OH is 3. The second-order valence-corrected chi connectivity index (χ2v) is 32.8. The van der Waals surface area contributed by atoms with E-state index >= 15 is 0 Å². The van der Waals surface area contributed by atoms with E-state index in [1.807, 2.05) is 181 Å². The number of rotatable bonds is 19. The van der Waals surface area contributed by atoms with Crippen LogP contribution in [-0.2, 0) is 44.8 Å². The second kappa shape index (κ2) is 34.6. The van der Waals surface area contributed by atoms with Crippen LogP contribution in [0.1, 0.15) is 181 Å². The summed E-state index contributed by atoms with van der Waals surface area (Å²) in [6.07, 6.45) is -0.937. The molecule has 0 spiro atoms. The van der Waals surface area contributed by atoms with E-state index in [1.54, 1.807) is 41.1 Å². The molecule has 6 aromatic rings. The van der Waals surface area contributed by atoms with Gasteiger partial charge in [0.15, 0.2) is 0 Å². The van der Waals surface area contributed by atoms with Gasteiger partial charge in [-0.25, -0.2) is 15.0 Å². The van der Waals surface area contributed by atoms with Crippen LogP contribution in [0.2, 0.25) is 0 Å². The van der Waals surface area contributed by atoms with Crippen LogP contribution in [0, 0.1) is 37.0 Å². The lowest BCUT2D eigenvalue weighted by Gasteiger charge is -2.35. The van der Waals surface area contributed by atoms with Crippen LogP contribution in [0.4, 0.5) is 0 Å². The maximum Gasteiger partial charge on any atom is 0.246 e. The van der Waals surface area contributed by atoms with E-state index in [4.69, 9.17) is 0 Å². The van der Waals surface area contributed by atoms with Gasteiger partial charge >= 0.3 is 0 Å². The lowest BCUT2D eigenvalue weighted by Crippen LogP contribution is -2.57. The highest BCUT2D eigenvalue weighted by Gasteiger charge is 2.47. The zero-order chi connectivity index (χ0) is 75.6. The number of aliphatic hydroxyl groups is 3. The Balaban J connectivity index is 0.000000215. The molecule has 3 saturated heterocycles. The van der Waals surface area contributed by atoms with Crippen LogP contribution >= 0.6 is 34.0 Å². The fourth-order valence-electron chi connectivity index (χ4n) is 13.3. The summed E-state index contributed by atoms with van der Waals surface area (Å²) in [5.41, 5.74) is 14.4. The van der Waals surface area contributed by atoms with Crippen LogP contribution < -0.4 is 31.9 Å². The van der Waals surface area contributed by atoms with Gasteiger partial charge in [-0.15, -0.1) is 34.0 Å². The number of aromatic nitrogens is 3. The third-order valence-corrected chi connectivity index (χ3v) is 21.8. The molecule has 26 heteroatoms. The smallest absolute Gasteiger partial charge is 0.246 e. The first-order valence-electron chi connectivity index (χ1n) is 34.9. The molecule has 3 aromatic carbocycles. The Labute approximate surface area is 612 Å². The lowest BCUT2D eigenvalue weighted by molar-refractivity contribution is -0.144. The standard InChI is InChI=1S/C27H38N4O4S.C25H34N4O4S.C24H34N4O3S/c1-8-18-11-19(23-16(3)28-14-36-23)9-10-21(18)15(2)29-25(34)22-12-20(33)13-31(22)26(35)24(27(5,6)7)30-17(4)32;1-14(17-7-9-18(10-8-17)21-15(2)26-13-34-21)27-23(32)20-11-19(31)12-29(20)24(33)22(25(4,5)6)28-16(3)30;1-14(16-7-9-17(10-8-16)20-15(2)26-13-32-20)27-22(30)19-11-18(29)12-28(19)23(31)21(25-6)24(3,4)5/h9-11,14-15,20,22,24,33H,8,12-13H2,1-7H3,(H,29,34)(H,30,32);7-10,13-14,19-20,22,31H,11-12H2,1-6H3,(H,27,32)(H,28,30);7-10,13-14,18-19,21,25,29H,11-12H2,1-6H3,(H,27,30)/t15-,20+,22-,24+;14-,19+,20-,22+;14-,18+,19-,21+/m000/s1. The first-order chi connectivity index (χ1) is 47.7. The number of nitrogens with one attached hydrogen (secondary N) is 6. The highest BCUT2D eigenvalue weighted by molar-refractivity contribution is 7.14. The topological polar surface area (TPSA) is 318 Å². The van der Waals surface area contributed by atoms with Crippen molar-refractivity contribution < 1.29 is 53.7 Å². The lowest BCUT2D eigenvalue weighted by atomic mass is 9.85. The third kappa shape index (κ3) is 20.5. The maximum atomic E-state index is 13.4. The Kier molecular flexibility index (Phi) is 27.6. The van der Waals surface area contributed by atoms with Crippen LogP contribution in [0.5, 0.6) is 0 Å². The highest BCUT2D eigenvalue weighted by atomic mass is 32.1.